The number of nitrogens with zero attached hydrogens (tertiary/aromatic N) is 3. The largest absolute Gasteiger partial charge is 0.477 e. The molecule has 3 N–H and O–H groups in total. The predicted molar refractivity (Wildman–Crippen MR) is 126 cm³/mol. The minimum atomic E-state index is -0.978. The van der Waals surface area contributed by atoms with Crippen molar-refractivity contribution in [3.63, 3.8) is 0 Å². The number of halogens is 3. The molecule has 2 aliphatic rings. The van der Waals surface area contributed by atoms with Gasteiger partial charge in [0.1, 0.15) is 28.8 Å². The number of fused-ring (bicyclic) bond motifs is 1. The van der Waals surface area contributed by atoms with E-state index in [1.54, 1.807) is 6.20 Å². The molecule has 2 aliphatic heterocycles. The summed E-state index contributed by atoms with van der Waals surface area (Å²) in [5, 5.41) is 10.3. The maximum atomic E-state index is 14.5. The number of aliphatic hydroxyl groups is 1. The van der Waals surface area contributed by atoms with E-state index in [4.69, 9.17) is 10.5 Å². The highest BCUT2D eigenvalue weighted by atomic mass is 19.1. The number of carbonyl (C=O) groups excluding carboxylic acids is 1. The molecule has 0 saturated carbocycles. The number of hydrogen-bond acceptors (Lipinski definition) is 7. The van der Waals surface area contributed by atoms with Gasteiger partial charge in [0.05, 0.1) is 24.0 Å². The van der Waals surface area contributed by atoms with Crippen LogP contribution in [0.3, 0.4) is 0 Å². The zero-order valence-corrected chi connectivity index (χ0v) is 19.5. The van der Waals surface area contributed by atoms with Crippen LogP contribution in [0.5, 0.6) is 5.88 Å². The molecule has 3 aromatic rings. The second-order valence-corrected chi connectivity index (χ2v) is 9.27. The Balaban J connectivity index is 1.50. The van der Waals surface area contributed by atoms with Crippen LogP contribution >= 0.6 is 0 Å². The monoisotopic (exact) mass is 498 g/mol. The van der Waals surface area contributed by atoms with E-state index in [-0.39, 0.29) is 18.0 Å². The Bertz CT molecular complexity index is 1300. The smallest absolute Gasteiger partial charge is 0.218 e. The number of ether oxygens (including phenoxy) is 1. The number of carbonyl (C=O) groups is 1. The highest BCUT2D eigenvalue weighted by Crippen LogP contribution is 2.38. The minimum absolute atomic E-state index is 0.0968. The summed E-state index contributed by atoms with van der Waals surface area (Å²) in [5.41, 5.74) is 7.10. The van der Waals surface area contributed by atoms with Crippen LogP contribution in [0.15, 0.2) is 36.5 Å². The molecule has 1 saturated heterocycles. The van der Waals surface area contributed by atoms with Crippen molar-refractivity contribution in [3.8, 4) is 17.1 Å². The van der Waals surface area contributed by atoms with Crippen LogP contribution in [-0.4, -0.2) is 52.7 Å². The normalized spacial score (nSPS) is 21.3. The molecule has 0 amide bonds. The lowest BCUT2D eigenvalue weighted by molar-refractivity contribution is 0.0784. The Morgan fingerprint density at radius 3 is 2.64 bits per heavy atom. The van der Waals surface area contributed by atoms with Crippen molar-refractivity contribution in [1.82, 2.24) is 9.97 Å². The van der Waals surface area contributed by atoms with Gasteiger partial charge in [-0.05, 0) is 24.3 Å². The van der Waals surface area contributed by atoms with Gasteiger partial charge in [-0.3, -0.25) is 4.79 Å². The Labute approximate surface area is 205 Å². The van der Waals surface area contributed by atoms with Crippen molar-refractivity contribution in [3.05, 3.63) is 70.8 Å². The van der Waals surface area contributed by atoms with E-state index in [9.17, 15) is 23.1 Å². The van der Waals surface area contributed by atoms with Crippen molar-refractivity contribution < 1.29 is 27.8 Å². The van der Waals surface area contributed by atoms with Crippen molar-refractivity contribution in [2.24, 2.45) is 11.7 Å². The predicted octanol–water partition coefficient (Wildman–Crippen LogP) is 3.07. The quantitative estimate of drug-likeness (QED) is 0.522. The second-order valence-electron chi connectivity index (χ2n) is 9.27. The Morgan fingerprint density at radius 2 is 1.92 bits per heavy atom. The molecular weight excluding hydrogens is 473 g/mol. The van der Waals surface area contributed by atoms with Gasteiger partial charge in [-0.2, -0.15) is 0 Å². The number of ketones is 1. The Hall–Kier alpha value is -3.50. The maximum Gasteiger partial charge on any atom is 0.218 e. The van der Waals surface area contributed by atoms with Gasteiger partial charge in [0.25, 0.3) is 0 Å². The molecular formula is C26H25F3N4O3. The number of anilines is 1. The Morgan fingerprint density at radius 1 is 1.17 bits per heavy atom. The highest BCUT2D eigenvalue weighted by Gasteiger charge is 2.35. The van der Waals surface area contributed by atoms with Gasteiger partial charge >= 0.3 is 0 Å². The van der Waals surface area contributed by atoms with Gasteiger partial charge in [0.15, 0.2) is 5.78 Å². The lowest BCUT2D eigenvalue weighted by atomic mass is 9.91. The van der Waals surface area contributed by atoms with Crippen LogP contribution < -0.4 is 15.4 Å². The van der Waals surface area contributed by atoms with E-state index in [1.807, 2.05) is 11.8 Å². The summed E-state index contributed by atoms with van der Waals surface area (Å²) in [7, 11) is 0. The fraction of sp³-hybridized carbons (Fsp3) is 0.346. The zero-order valence-electron chi connectivity index (χ0n) is 19.5. The lowest BCUT2D eigenvalue weighted by Crippen LogP contribution is -2.56. The number of rotatable bonds is 5. The van der Waals surface area contributed by atoms with E-state index in [0.717, 1.165) is 29.4 Å². The third-order valence-corrected chi connectivity index (χ3v) is 6.74. The number of nitrogens with two attached hydrogens (primary N) is 1. The summed E-state index contributed by atoms with van der Waals surface area (Å²) in [6, 6.07) is 4.86. The fourth-order valence-electron chi connectivity index (χ4n) is 4.95. The molecule has 2 aromatic heterocycles. The first kappa shape index (κ1) is 24.2. The minimum Gasteiger partial charge on any atom is -0.477 e. The van der Waals surface area contributed by atoms with Gasteiger partial charge in [-0.1, -0.05) is 13.0 Å². The summed E-state index contributed by atoms with van der Waals surface area (Å²) < 4.78 is 48.7. The van der Waals surface area contributed by atoms with Crippen LogP contribution in [0.2, 0.25) is 0 Å². The fourth-order valence-corrected chi connectivity index (χ4v) is 4.95. The maximum absolute atomic E-state index is 14.5. The number of benzene rings is 1. The number of hydrogen-bond donors (Lipinski definition) is 2. The third-order valence-electron chi connectivity index (χ3n) is 6.74. The van der Waals surface area contributed by atoms with Gasteiger partial charge in [-0.25, -0.2) is 23.1 Å². The number of aromatic nitrogens is 2. The standard InChI is InChI=1S/C26H25F3N4O3/c1-13-11-33(12-19(30)25(13)35)24-14(10-31-26-15(24)7-8-36-26)9-21(34)20-6-5-18(29)23(32-20)22-16(27)3-2-4-17(22)28/h2-6,10,13,19,25,35H,7-9,11-12,30H2,1H3/t13-,19+,25+/m0/s1. The highest BCUT2D eigenvalue weighted by molar-refractivity contribution is 5.97. The first-order valence-corrected chi connectivity index (χ1v) is 11.7. The van der Waals surface area contributed by atoms with E-state index in [1.165, 1.54) is 12.1 Å². The molecule has 3 atom stereocenters. The molecule has 0 aliphatic carbocycles. The third kappa shape index (κ3) is 4.31. The molecule has 0 bridgehead atoms. The van der Waals surface area contributed by atoms with Crippen molar-refractivity contribution in [2.75, 3.05) is 24.6 Å². The van der Waals surface area contributed by atoms with Gasteiger partial charge < -0.3 is 20.5 Å². The molecule has 10 heteroatoms. The number of pyridine rings is 2. The lowest BCUT2D eigenvalue weighted by Gasteiger charge is -2.41. The average Bonchev–Trinajstić information content (AvgIpc) is 3.32. The van der Waals surface area contributed by atoms with Crippen LogP contribution in [0.1, 0.15) is 28.5 Å². The topological polar surface area (TPSA) is 102 Å². The molecule has 0 unspecified atom stereocenters. The molecule has 0 spiro atoms. The van der Waals surface area contributed by atoms with Gasteiger partial charge in [-0.15, -0.1) is 0 Å². The van der Waals surface area contributed by atoms with Crippen LogP contribution in [0.25, 0.3) is 11.3 Å². The summed E-state index contributed by atoms with van der Waals surface area (Å²) in [6.07, 6.45) is 1.39. The van der Waals surface area contributed by atoms with Gasteiger partial charge in [0.2, 0.25) is 5.88 Å². The van der Waals surface area contributed by atoms with E-state index in [0.29, 0.717) is 37.6 Å². The summed E-state index contributed by atoms with van der Waals surface area (Å²) in [4.78, 5) is 23.7. The number of aliphatic hydroxyl groups excluding tert-OH is 1. The summed E-state index contributed by atoms with van der Waals surface area (Å²) in [6.45, 7) is 3.28. The zero-order chi connectivity index (χ0) is 25.6. The van der Waals surface area contributed by atoms with E-state index >= 15 is 0 Å². The molecule has 1 fully saturated rings. The average molecular weight is 499 g/mol. The van der Waals surface area contributed by atoms with Crippen molar-refractivity contribution in [1.29, 1.82) is 0 Å². The van der Waals surface area contributed by atoms with Crippen LogP contribution in [-0.2, 0) is 12.8 Å². The molecule has 4 heterocycles. The van der Waals surface area contributed by atoms with Crippen molar-refractivity contribution in [2.45, 2.75) is 31.9 Å². The van der Waals surface area contributed by atoms with E-state index < -0.39 is 46.6 Å². The summed E-state index contributed by atoms with van der Waals surface area (Å²) >= 11 is 0. The van der Waals surface area contributed by atoms with E-state index in [2.05, 4.69) is 9.97 Å². The van der Waals surface area contributed by atoms with Crippen LogP contribution in [0, 0.1) is 23.4 Å². The van der Waals surface area contributed by atoms with Gasteiger partial charge in [0, 0.05) is 55.2 Å². The molecule has 188 valence electrons. The Kier molecular flexibility index (Phi) is 6.40. The molecule has 1 aromatic carbocycles. The molecule has 5 rings (SSSR count). The number of piperidine rings is 1. The molecule has 7 nitrogen and oxygen atoms in total. The summed E-state index contributed by atoms with van der Waals surface area (Å²) in [5.74, 6) is -2.97. The molecule has 0 radical (unpaired) electrons. The SMILES string of the molecule is C[C@H]1CN(c2c(CC(=O)c3ccc(F)c(-c4c(F)cccc4F)n3)cnc3c2CCO3)C[C@@H](N)[C@@H]1O. The molecule has 36 heavy (non-hydrogen) atoms. The van der Waals surface area contributed by atoms with Crippen molar-refractivity contribution >= 4 is 11.5 Å². The first-order valence-electron chi connectivity index (χ1n) is 11.7. The van der Waals surface area contributed by atoms with Crippen LogP contribution in [0.4, 0.5) is 18.9 Å². The number of Topliss-reactive ketones (excluding diaryl/α,β-unsaturated/α-hetero) is 1. The first-order chi connectivity index (χ1) is 17.2. The second kappa shape index (κ2) is 9.51.